The van der Waals surface area contributed by atoms with Gasteiger partial charge in [-0.05, 0) is 67.6 Å². The van der Waals surface area contributed by atoms with Crippen LogP contribution in [0.15, 0.2) is 48.5 Å². The van der Waals surface area contributed by atoms with Gasteiger partial charge in [-0.2, -0.15) is 0 Å². The number of hydrogen-bond acceptors (Lipinski definition) is 3. The molecule has 0 spiro atoms. The number of likely N-dealkylation sites (tertiary alicyclic amines) is 1. The third-order valence-electron chi connectivity index (χ3n) is 6.11. The van der Waals surface area contributed by atoms with Gasteiger partial charge in [-0.1, -0.05) is 35.9 Å². The van der Waals surface area contributed by atoms with E-state index < -0.39 is 5.41 Å². The van der Waals surface area contributed by atoms with Crippen molar-refractivity contribution in [1.82, 2.24) is 4.90 Å². The normalized spacial score (nSPS) is 20.8. The number of halogens is 1. The van der Waals surface area contributed by atoms with Crippen molar-refractivity contribution in [3.63, 3.8) is 0 Å². The highest BCUT2D eigenvalue weighted by atomic mass is 35.5. The molecule has 1 atom stereocenters. The molecule has 3 N–H and O–H groups in total. The Hall–Kier alpha value is -2.37. The van der Waals surface area contributed by atoms with E-state index in [9.17, 15) is 9.59 Å². The minimum Gasteiger partial charge on any atom is -0.369 e. The quantitative estimate of drug-likeness (QED) is 0.760. The van der Waals surface area contributed by atoms with Gasteiger partial charge in [0.15, 0.2) is 0 Å². The highest BCUT2D eigenvalue weighted by Gasteiger charge is 2.51. The fraction of sp³-hybridized carbons (Fsp3) is 0.391. The first-order valence-corrected chi connectivity index (χ1v) is 10.5. The third-order valence-corrected chi connectivity index (χ3v) is 6.36. The van der Waals surface area contributed by atoms with E-state index in [0.29, 0.717) is 5.02 Å². The molecule has 0 bridgehead atoms. The minimum atomic E-state index is -0.430. The smallest absolute Gasteiger partial charge is 0.235 e. The summed E-state index contributed by atoms with van der Waals surface area (Å²) in [7, 11) is 0. The Bertz CT molecular complexity index is 891. The van der Waals surface area contributed by atoms with Gasteiger partial charge in [0.1, 0.15) is 0 Å². The van der Waals surface area contributed by atoms with Crippen LogP contribution >= 0.6 is 11.6 Å². The van der Waals surface area contributed by atoms with Crippen molar-refractivity contribution in [3.8, 4) is 0 Å². The molecule has 2 amide bonds. The predicted octanol–water partition coefficient (Wildman–Crippen LogP) is 3.71. The summed E-state index contributed by atoms with van der Waals surface area (Å²) in [5.41, 5.74) is 8.01. The number of carbonyl (C=O) groups is 2. The standard InChI is InChI=1S/C23H26ClN3O2/c24-19-7-5-18(6-8-19)23(11-12-23)22(29)26-20-9-3-16(4-10-20)14-27-13-1-2-17(15-27)21(25)28/h3-10,17H,1-2,11-15H2,(H2,25,28)(H,26,29). The maximum absolute atomic E-state index is 12.9. The van der Waals surface area contributed by atoms with E-state index in [1.54, 1.807) is 0 Å². The molecule has 5 nitrogen and oxygen atoms in total. The Morgan fingerprint density at radius 3 is 2.41 bits per heavy atom. The van der Waals surface area contributed by atoms with Crippen molar-refractivity contribution in [3.05, 3.63) is 64.7 Å². The first-order chi connectivity index (χ1) is 14.0. The van der Waals surface area contributed by atoms with Crippen LogP contribution in [0.1, 0.15) is 36.8 Å². The van der Waals surface area contributed by atoms with Gasteiger partial charge < -0.3 is 11.1 Å². The number of piperidine rings is 1. The van der Waals surface area contributed by atoms with Crippen LogP contribution < -0.4 is 11.1 Å². The highest BCUT2D eigenvalue weighted by molar-refractivity contribution is 6.30. The SMILES string of the molecule is NC(=O)C1CCCN(Cc2ccc(NC(=O)C3(c4ccc(Cl)cc4)CC3)cc2)C1. The van der Waals surface area contributed by atoms with Crippen LogP contribution in [0.2, 0.25) is 5.02 Å². The molecule has 2 aromatic carbocycles. The zero-order valence-electron chi connectivity index (χ0n) is 16.4. The van der Waals surface area contributed by atoms with E-state index in [1.807, 2.05) is 48.5 Å². The monoisotopic (exact) mass is 411 g/mol. The first kappa shape index (κ1) is 19.9. The van der Waals surface area contributed by atoms with Gasteiger partial charge in [0.2, 0.25) is 11.8 Å². The van der Waals surface area contributed by atoms with Crippen molar-refractivity contribution in [2.75, 3.05) is 18.4 Å². The Morgan fingerprint density at radius 2 is 1.79 bits per heavy atom. The number of rotatable bonds is 6. The van der Waals surface area contributed by atoms with Crippen molar-refractivity contribution >= 4 is 29.1 Å². The van der Waals surface area contributed by atoms with Gasteiger partial charge in [-0.15, -0.1) is 0 Å². The van der Waals surface area contributed by atoms with Gasteiger partial charge in [-0.25, -0.2) is 0 Å². The van der Waals surface area contributed by atoms with E-state index >= 15 is 0 Å². The summed E-state index contributed by atoms with van der Waals surface area (Å²) >= 11 is 5.97. The van der Waals surface area contributed by atoms with Crippen LogP contribution in [0.4, 0.5) is 5.69 Å². The number of hydrogen-bond donors (Lipinski definition) is 2. The second kappa shape index (κ2) is 8.17. The fourth-order valence-electron chi connectivity index (χ4n) is 4.17. The number of anilines is 1. The molecular weight excluding hydrogens is 386 g/mol. The van der Waals surface area contributed by atoms with E-state index in [1.165, 1.54) is 0 Å². The maximum atomic E-state index is 12.9. The van der Waals surface area contributed by atoms with Gasteiger partial charge in [0.05, 0.1) is 11.3 Å². The largest absolute Gasteiger partial charge is 0.369 e. The molecule has 1 saturated heterocycles. The molecule has 29 heavy (non-hydrogen) atoms. The predicted molar refractivity (Wildman–Crippen MR) is 115 cm³/mol. The molecule has 2 aromatic rings. The van der Waals surface area contributed by atoms with Gasteiger partial charge in [-0.3, -0.25) is 14.5 Å². The summed E-state index contributed by atoms with van der Waals surface area (Å²) < 4.78 is 0. The van der Waals surface area contributed by atoms with Crippen LogP contribution in [0.5, 0.6) is 0 Å². The summed E-state index contributed by atoms with van der Waals surface area (Å²) in [6.07, 6.45) is 3.59. The molecule has 6 heteroatoms. The molecule has 2 fully saturated rings. The van der Waals surface area contributed by atoms with Crippen molar-refractivity contribution in [2.45, 2.75) is 37.6 Å². The van der Waals surface area contributed by atoms with E-state index in [-0.39, 0.29) is 17.7 Å². The lowest BCUT2D eigenvalue weighted by atomic mass is 9.95. The Labute approximate surface area is 176 Å². The molecule has 0 aromatic heterocycles. The third kappa shape index (κ3) is 4.46. The van der Waals surface area contributed by atoms with Gasteiger partial charge >= 0.3 is 0 Å². The van der Waals surface area contributed by atoms with Crippen molar-refractivity contribution in [1.29, 1.82) is 0 Å². The Kier molecular flexibility index (Phi) is 5.61. The number of benzene rings is 2. The lowest BCUT2D eigenvalue weighted by molar-refractivity contribution is -0.123. The molecule has 1 aliphatic carbocycles. The van der Waals surface area contributed by atoms with E-state index in [2.05, 4.69) is 10.2 Å². The first-order valence-electron chi connectivity index (χ1n) is 10.1. The van der Waals surface area contributed by atoms with Crippen LogP contribution in [-0.4, -0.2) is 29.8 Å². The van der Waals surface area contributed by atoms with Crippen molar-refractivity contribution in [2.24, 2.45) is 11.7 Å². The van der Waals surface area contributed by atoms with Crippen molar-refractivity contribution < 1.29 is 9.59 Å². The topological polar surface area (TPSA) is 75.4 Å². The molecule has 1 heterocycles. The van der Waals surface area contributed by atoms with Gasteiger partial charge in [0, 0.05) is 23.8 Å². The minimum absolute atomic E-state index is 0.0351. The zero-order chi connectivity index (χ0) is 20.4. The highest BCUT2D eigenvalue weighted by Crippen LogP contribution is 2.49. The number of nitrogens with one attached hydrogen (secondary N) is 1. The lowest BCUT2D eigenvalue weighted by Gasteiger charge is -2.31. The average molecular weight is 412 g/mol. The number of carbonyl (C=O) groups excluding carboxylic acids is 2. The number of nitrogens with zero attached hydrogens (tertiary/aromatic N) is 1. The van der Waals surface area contributed by atoms with Gasteiger partial charge in [0.25, 0.3) is 0 Å². The molecule has 1 saturated carbocycles. The number of amides is 2. The molecule has 1 unspecified atom stereocenters. The molecule has 1 aliphatic heterocycles. The summed E-state index contributed by atoms with van der Waals surface area (Å²) in [4.78, 5) is 26.6. The number of nitrogens with two attached hydrogens (primary N) is 1. The summed E-state index contributed by atoms with van der Waals surface area (Å²) in [5.74, 6) is -0.222. The van der Waals surface area contributed by atoms with Crippen LogP contribution in [0.25, 0.3) is 0 Å². The summed E-state index contributed by atoms with van der Waals surface area (Å²) in [6.45, 7) is 2.48. The average Bonchev–Trinajstić information content (AvgIpc) is 3.52. The van der Waals surface area contributed by atoms with Crippen LogP contribution in [0.3, 0.4) is 0 Å². The van der Waals surface area contributed by atoms with E-state index in [4.69, 9.17) is 17.3 Å². The summed E-state index contributed by atoms with van der Waals surface area (Å²) in [5, 5.41) is 3.74. The maximum Gasteiger partial charge on any atom is 0.235 e. The second-order valence-corrected chi connectivity index (χ2v) is 8.65. The molecular formula is C23H26ClN3O2. The zero-order valence-corrected chi connectivity index (χ0v) is 17.1. The van der Waals surface area contributed by atoms with Crippen LogP contribution in [-0.2, 0) is 21.5 Å². The Morgan fingerprint density at radius 1 is 1.10 bits per heavy atom. The molecule has 2 aliphatic rings. The fourth-order valence-corrected chi connectivity index (χ4v) is 4.30. The Balaban J connectivity index is 1.36. The van der Waals surface area contributed by atoms with Crippen LogP contribution in [0, 0.1) is 5.92 Å². The lowest BCUT2D eigenvalue weighted by Crippen LogP contribution is -2.40. The molecule has 152 valence electrons. The summed E-state index contributed by atoms with van der Waals surface area (Å²) in [6, 6.07) is 15.5. The van der Waals surface area contributed by atoms with E-state index in [0.717, 1.165) is 62.1 Å². The molecule has 0 radical (unpaired) electrons. The second-order valence-electron chi connectivity index (χ2n) is 8.22. The number of primary amides is 1. The molecule has 4 rings (SSSR count).